The largest absolute Gasteiger partial charge is 0.466 e. The summed E-state index contributed by atoms with van der Waals surface area (Å²) in [7, 11) is 0. The van der Waals surface area contributed by atoms with Crippen molar-refractivity contribution in [3.05, 3.63) is 0 Å². The van der Waals surface area contributed by atoms with Gasteiger partial charge >= 0.3 is 5.97 Å². The lowest BCUT2D eigenvalue weighted by molar-refractivity contribution is -0.143. The van der Waals surface area contributed by atoms with Gasteiger partial charge in [-0.3, -0.25) is 9.59 Å². The number of carbonyl (C=O) groups is 2. The molecule has 0 fully saturated rings. The van der Waals surface area contributed by atoms with Crippen LogP contribution in [0, 0.1) is 0 Å². The maximum atomic E-state index is 12.5. The van der Waals surface area contributed by atoms with E-state index in [-0.39, 0.29) is 18.5 Å². The number of aliphatic hydroxyl groups is 2. The van der Waals surface area contributed by atoms with E-state index in [0.29, 0.717) is 25.9 Å². The normalized spacial score (nSPS) is 12.4. The highest BCUT2D eigenvalue weighted by Gasteiger charge is 2.20. The fourth-order valence-corrected chi connectivity index (χ4v) is 12.4. The van der Waals surface area contributed by atoms with E-state index >= 15 is 0 Å². The van der Waals surface area contributed by atoms with Crippen molar-refractivity contribution < 1.29 is 24.5 Å². The third-order valence-electron chi connectivity index (χ3n) is 18.2. The van der Waals surface area contributed by atoms with Crippen LogP contribution in [0.15, 0.2) is 0 Å². The molecule has 2 unspecified atom stereocenters. The minimum absolute atomic E-state index is 0.0256. The Morgan fingerprint density at radius 2 is 0.506 bits per heavy atom. The van der Waals surface area contributed by atoms with Crippen molar-refractivity contribution in [2.45, 2.75) is 456 Å². The second-order valence-corrected chi connectivity index (χ2v) is 26.4. The SMILES string of the molecule is CCCCCCCCCCCCCCCCCC(O)C(CO)NC(=O)CCCCCCCCCCCCCCCCCCCCCCCCCCCCCCCCCCCCCOC(=O)CCCCCCCCCCCCCCCC. The van der Waals surface area contributed by atoms with Gasteiger partial charge in [0.05, 0.1) is 25.4 Å². The monoisotopic (exact) mass is 1140 g/mol. The van der Waals surface area contributed by atoms with Crippen LogP contribution >= 0.6 is 0 Å². The molecule has 81 heavy (non-hydrogen) atoms. The van der Waals surface area contributed by atoms with Crippen molar-refractivity contribution in [3.63, 3.8) is 0 Å². The van der Waals surface area contributed by atoms with Crippen LogP contribution in [-0.2, 0) is 14.3 Å². The molecule has 0 aliphatic rings. The van der Waals surface area contributed by atoms with Gasteiger partial charge in [0.2, 0.25) is 5.91 Å². The maximum absolute atomic E-state index is 12.5. The first-order valence-electron chi connectivity index (χ1n) is 37.8. The van der Waals surface area contributed by atoms with E-state index in [1.165, 1.54) is 372 Å². The number of hydrogen-bond donors (Lipinski definition) is 3. The Balaban J connectivity index is 3.28. The number of rotatable bonds is 72. The van der Waals surface area contributed by atoms with Crippen LogP contribution in [0.25, 0.3) is 0 Å². The summed E-state index contributed by atoms with van der Waals surface area (Å²) in [5, 5.41) is 23.4. The molecular weight excluding hydrogens is 995 g/mol. The van der Waals surface area contributed by atoms with Gasteiger partial charge in [0.15, 0.2) is 0 Å². The van der Waals surface area contributed by atoms with Crippen LogP contribution < -0.4 is 5.32 Å². The van der Waals surface area contributed by atoms with Gasteiger partial charge in [-0.1, -0.05) is 406 Å². The topological polar surface area (TPSA) is 95.9 Å². The van der Waals surface area contributed by atoms with Crippen LogP contribution in [0.2, 0.25) is 0 Å². The number of ether oxygens (including phenoxy) is 1. The Labute approximate surface area is 508 Å². The molecule has 484 valence electrons. The zero-order valence-corrected chi connectivity index (χ0v) is 55.6. The molecule has 0 heterocycles. The lowest BCUT2D eigenvalue weighted by Crippen LogP contribution is -2.45. The quantitative estimate of drug-likeness (QED) is 0.0417. The molecule has 0 aliphatic heterocycles. The lowest BCUT2D eigenvalue weighted by atomic mass is 10.0. The minimum atomic E-state index is -0.659. The molecule has 0 aromatic heterocycles. The molecule has 6 nitrogen and oxygen atoms in total. The number of hydrogen-bond acceptors (Lipinski definition) is 5. The fraction of sp³-hybridized carbons (Fsp3) is 0.973. The predicted molar refractivity (Wildman–Crippen MR) is 357 cm³/mol. The fourth-order valence-electron chi connectivity index (χ4n) is 12.4. The Kier molecular flexibility index (Phi) is 70.3. The zero-order chi connectivity index (χ0) is 58.5. The van der Waals surface area contributed by atoms with Crippen molar-refractivity contribution in [3.8, 4) is 0 Å². The standard InChI is InChI=1S/C75H149NO5/c1-3-5-7-9-11-13-15-17-40-43-47-51-55-59-63-67-73(78)72(71-77)76-74(79)68-64-60-56-52-48-44-41-38-36-34-32-30-28-26-24-22-20-19-21-23-25-27-29-31-33-35-37-39-42-46-50-54-58-62-66-70-81-75(80)69-65-61-57-53-49-45-18-16-14-12-10-8-6-4-2/h72-73,77-78H,3-71H2,1-2H3,(H,76,79). The molecule has 0 aromatic carbocycles. The number of aliphatic hydroxyl groups excluding tert-OH is 2. The summed E-state index contributed by atoms with van der Waals surface area (Å²) in [5.74, 6) is 0.000504. The second-order valence-electron chi connectivity index (χ2n) is 26.4. The molecule has 0 saturated carbocycles. The molecule has 6 heteroatoms. The van der Waals surface area contributed by atoms with Gasteiger partial charge in [-0.05, 0) is 25.7 Å². The first-order chi connectivity index (χ1) is 40.0. The molecular formula is C75H149NO5. The molecule has 0 aliphatic carbocycles. The summed E-state index contributed by atoms with van der Waals surface area (Å²) in [4.78, 5) is 24.6. The van der Waals surface area contributed by atoms with Gasteiger partial charge in [-0.2, -0.15) is 0 Å². The van der Waals surface area contributed by atoms with Crippen LogP contribution in [0.1, 0.15) is 444 Å². The van der Waals surface area contributed by atoms with Crippen molar-refractivity contribution in [2.24, 2.45) is 0 Å². The van der Waals surface area contributed by atoms with Gasteiger partial charge in [0, 0.05) is 12.8 Å². The molecule has 2 atom stereocenters. The summed E-state index contributed by atoms with van der Waals surface area (Å²) in [6, 6.07) is -0.536. The smallest absolute Gasteiger partial charge is 0.305 e. The highest BCUT2D eigenvalue weighted by molar-refractivity contribution is 5.76. The highest BCUT2D eigenvalue weighted by Crippen LogP contribution is 2.20. The molecule has 0 aromatic rings. The van der Waals surface area contributed by atoms with Crippen molar-refractivity contribution >= 4 is 11.9 Å². The molecule has 0 radical (unpaired) electrons. The van der Waals surface area contributed by atoms with Crippen LogP contribution in [0.4, 0.5) is 0 Å². The van der Waals surface area contributed by atoms with E-state index in [2.05, 4.69) is 19.2 Å². The summed E-state index contributed by atoms with van der Waals surface area (Å²) in [6.45, 7) is 5.01. The lowest BCUT2D eigenvalue weighted by Gasteiger charge is -2.22. The van der Waals surface area contributed by atoms with Crippen LogP contribution in [-0.4, -0.2) is 47.4 Å². The van der Waals surface area contributed by atoms with Crippen LogP contribution in [0.5, 0.6) is 0 Å². The average molecular weight is 1150 g/mol. The Bertz CT molecular complexity index is 1180. The average Bonchev–Trinajstić information content (AvgIpc) is 3.47. The number of nitrogens with one attached hydrogen (secondary N) is 1. The van der Waals surface area contributed by atoms with Crippen molar-refractivity contribution in [2.75, 3.05) is 13.2 Å². The molecule has 1 amide bonds. The minimum Gasteiger partial charge on any atom is -0.466 e. The maximum Gasteiger partial charge on any atom is 0.305 e. The summed E-state index contributed by atoms with van der Waals surface area (Å²) in [5.41, 5.74) is 0. The van der Waals surface area contributed by atoms with Crippen molar-refractivity contribution in [1.82, 2.24) is 5.32 Å². The third kappa shape index (κ3) is 67.9. The van der Waals surface area contributed by atoms with E-state index in [9.17, 15) is 19.8 Å². The first kappa shape index (κ1) is 79.9. The number of esters is 1. The van der Waals surface area contributed by atoms with E-state index < -0.39 is 12.1 Å². The highest BCUT2D eigenvalue weighted by atomic mass is 16.5. The Hall–Kier alpha value is -1.14. The van der Waals surface area contributed by atoms with E-state index in [4.69, 9.17) is 4.74 Å². The van der Waals surface area contributed by atoms with E-state index in [1.807, 2.05) is 0 Å². The Morgan fingerprint density at radius 1 is 0.296 bits per heavy atom. The van der Waals surface area contributed by atoms with Crippen molar-refractivity contribution in [1.29, 1.82) is 0 Å². The summed E-state index contributed by atoms with van der Waals surface area (Å²) >= 11 is 0. The third-order valence-corrected chi connectivity index (χ3v) is 18.2. The summed E-state index contributed by atoms with van der Waals surface area (Å²) in [6.07, 6.45) is 87.6. The summed E-state index contributed by atoms with van der Waals surface area (Å²) < 4.78 is 5.50. The number of amides is 1. The first-order valence-corrected chi connectivity index (χ1v) is 37.8. The second kappa shape index (κ2) is 71.3. The zero-order valence-electron chi connectivity index (χ0n) is 55.6. The number of carbonyl (C=O) groups excluding carboxylic acids is 2. The molecule has 0 rings (SSSR count). The number of unbranched alkanes of at least 4 members (excludes halogenated alkanes) is 61. The van der Waals surface area contributed by atoms with Crippen LogP contribution in [0.3, 0.4) is 0 Å². The molecule has 0 saturated heterocycles. The van der Waals surface area contributed by atoms with E-state index in [1.54, 1.807) is 0 Å². The molecule has 0 spiro atoms. The van der Waals surface area contributed by atoms with Gasteiger partial charge in [-0.25, -0.2) is 0 Å². The Morgan fingerprint density at radius 3 is 0.753 bits per heavy atom. The molecule has 0 bridgehead atoms. The van der Waals surface area contributed by atoms with E-state index in [0.717, 1.165) is 38.5 Å². The van der Waals surface area contributed by atoms with Gasteiger partial charge < -0.3 is 20.3 Å². The van der Waals surface area contributed by atoms with Gasteiger partial charge in [0.1, 0.15) is 0 Å². The van der Waals surface area contributed by atoms with Gasteiger partial charge in [-0.15, -0.1) is 0 Å². The van der Waals surface area contributed by atoms with Gasteiger partial charge in [0.25, 0.3) is 0 Å². The molecule has 3 N–H and O–H groups in total. The predicted octanol–water partition coefficient (Wildman–Crippen LogP) is 24.5.